The van der Waals surface area contributed by atoms with Gasteiger partial charge in [-0.2, -0.15) is 0 Å². The fourth-order valence-electron chi connectivity index (χ4n) is 0.882. The van der Waals surface area contributed by atoms with Crippen molar-refractivity contribution in [2.75, 3.05) is 0 Å². The van der Waals surface area contributed by atoms with Gasteiger partial charge in [0.15, 0.2) is 0 Å². The number of benzene rings is 1. The molecule has 4 nitrogen and oxygen atoms in total. The van der Waals surface area contributed by atoms with Crippen LogP contribution in [-0.4, -0.2) is 16.2 Å². The molecule has 1 aromatic carbocycles. The highest BCUT2D eigenvalue weighted by Crippen LogP contribution is 2.17. The zero-order chi connectivity index (χ0) is 9.14. The van der Waals surface area contributed by atoms with Crippen molar-refractivity contribution < 1.29 is 15.0 Å². The van der Waals surface area contributed by atoms with E-state index in [1.54, 1.807) is 0 Å². The van der Waals surface area contributed by atoms with Crippen LogP contribution in [0.2, 0.25) is 0 Å². The van der Waals surface area contributed by atoms with E-state index in [4.69, 9.17) is 15.9 Å². The summed E-state index contributed by atoms with van der Waals surface area (Å²) in [5.74, 6) is -0.993. The topological polar surface area (TPSA) is 83.6 Å². The number of aromatic carboxylic acids is 1. The van der Waals surface area contributed by atoms with Crippen molar-refractivity contribution in [3.05, 3.63) is 29.3 Å². The highest BCUT2D eigenvalue weighted by atomic mass is 16.4. The molecule has 64 valence electrons. The van der Waals surface area contributed by atoms with Crippen LogP contribution in [-0.2, 0) is 6.54 Å². The van der Waals surface area contributed by atoms with E-state index in [2.05, 4.69) is 0 Å². The molecular weight excluding hydrogens is 158 g/mol. The molecule has 1 aromatic rings. The predicted octanol–water partition coefficient (Wildman–Crippen LogP) is 0.549. The molecule has 0 heterocycles. The number of rotatable bonds is 2. The van der Waals surface area contributed by atoms with Crippen LogP contribution in [0.15, 0.2) is 18.2 Å². The Labute approximate surface area is 69.3 Å². The molecule has 0 aliphatic heterocycles. The maximum Gasteiger partial charge on any atom is 0.335 e. The molecule has 0 amide bonds. The fraction of sp³-hybridized carbons (Fsp3) is 0.125. The van der Waals surface area contributed by atoms with E-state index < -0.39 is 5.97 Å². The van der Waals surface area contributed by atoms with E-state index in [1.165, 1.54) is 18.2 Å². The van der Waals surface area contributed by atoms with Crippen LogP contribution < -0.4 is 5.73 Å². The maximum absolute atomic E-state index is 10.5. The minimum absolute atomic E-state index is 0.0301. The summed E-state index contributed by atoms with van der Waals surface area (Å²) < 4.78 is 0. The third kappa shape index (κ3) is 1.54. The Morgan fingerprint density at radius 1 is 1.50 bits per heavy atom. The number of nitrogens with two attached hydrogens (primary N) is 1. The number of phenolic OH excluding ortho intramolecular Hbond substituents is 1. The van der Waals surface area contributed by atoms with Gasteiger partial charge in [-0.1, -0.05) is 0 Å². The summed E-state index contributed by atoms with van der Waals surface area (Å²) in [4.78, 5) is 10.5. The number of aromatic hydroxyl groups is 1. The Hall–Kier alpha value is -1.55. The Morgan fingerprint density at radius 3 is 2.67 bits per heavy atom. The van der Waals surface area contributed by atoms with Gasteiger partial charge in [0.05, 0.1) is 5.56 Å². The Kier molecular flexibility index (Phi) is 2.30. The van der Waals surface area contributed by atoms with Crippen LogP contribution in [0.4, 0.5) is 0 Å². The molecule has 1 rings (SSSR count). The van der Waals surface area contributed by atoms with E-state index in [-0.39, 0.29) is 17.9 Å². The molecule has 12 heavy (non-hydrogen) atoms. The lowest BCUT2D eigenvalue weighted by atomic mass is 10.1. The second-order valence-electron chi connectivity index (χ2n) is 2.35. The van der Waals surface area contributed by atoms with Crippen molar-refractivity contribution in [3.8, 4) is 5.75 Å². The van der Waals surface area contributed by atoms with Gasteiger partial charge < -0.3 is 15.9 Å². The SMILES string of the molecule is NCc1cc(C(=O)O)ccc1O. The van der Waals surface area contributed by atoms with E-state index >= 15 is 0 Å². The van der Waals surface area contributed by atoms with Crippen molar-refractivity contribution in [1.82, 2.24) is 0 Å². The molecule has 4 heteroatoms. The first kappa shape index (κ1) is 8.55. The number of phenols is 1. The number of hydrogen-bond acceptors (Lipinski definition) is 3. The van der Waals surface area contributed by atoms with Crippen molar-refractivity contribution in [1.29, 1.82) is 0 Å². The van der Waals surface area contributed by atoms with Gasteiger partial charge in [-0.05, 0) is 18.2 Å². The largest absolute Gasteiger partial charge is 0.508 e. The zero-order valence-electron chi connectivity index (χ0n) is 6.32. The van der Waals surface area contributed by atoms with Crippen LogP contribution in [0, 0.1) is 0 Å². The van der Waals surface area contributed by atoms with Gasteiger partial charge in [0, 0.05) is 12.1 Å². The summed E-state index contributed by atoms with van der Waals surface area (Å²) in [5, 5.41) is 17.7. The van der Waals surface area contributed by atoms with Gasteiger partial charge in [0.25, 0.3) is 0 Å². The average Bonchev–Trinajstić information content (AvgIpc) is 2.05. The van der Waals surface area contributed by atoms with Gasteiger partial charge >= 0.3 is 5.97 Å². The summed E-state index contributed by atoms with van der Waals surface area (Å²) in [6.45, 7) is 0.132. The minimum Gasteiger partial charge on any atom is -0.508 e. The molecule has 0 spiro atoms. The van der Waals surface area contributed by atoms with Gasteiger partial charge in [-0.15, -0.1) is 0 Å². The third-order valence-corrected chi connectivity index (χ3v) is 1.55. The smallest absolute Gasteiger partial charge is 0.335 e. The number of carboxylic acids is 1. The minimum atomic E-state index is -1.02. The lowest BCUT2D eigenvalue weighted by Crippen LogP contribution is -2.01. The fourth-order valence-corrected chi connectivity index (χ4v) is 0.882. The normalized spacial score (nSPS) is 9.75. The van der Waals surface area contributed by atoms with Crippen molar-refractivity contribution in [2.24, 2.45) is 5.73 Å². The standard InChI is InChI=1S/C8H9NO3/c9-4-6-3-5(8(11)12)1-2-7(6)10/h1-3,10H,4,9H2,(H,11,12). The molecule has 0 fully saturated rings. The third-order valence-electron chi connectivity index (χ3n) is 1.55. The average molecular weight is 167 g/mol. The Balaban J connectivity index is 3.13. The molecule has 0 saturated heterocycles. The number of carboxylic acid groups (broad SMARTS) is 1. The first-order valence-corrected chi connectivity index (χ1v) is 3.40. The van der Waals surface area contributed by atoms with Crippen LogP contribution in [0.1, 0.15) is 15.9 Å². The summed E-state index contributed by atoms with van der Waals surface area (Å²) in [6, 6.07) is 4.01. The van der Waals surface area contributed by atoms with Crippen molar-refractivity contribution in [3.63, 3.8) is 0 Å². The number of hydrogen-bond donors (Lipinski definition) is 3. The quantitative estimate of drug-likeness (QED) is 0.600. The summed E-state index contributed by atoms with van der Waals surface area (Å²) in [7, 11) is 0. The molecule has 0 bridgehead atoms. The molecule has 0 atom stereocenters. The molecular formula is C8H9NO3. The molecule has 0 saturated carbocycles. The Bertz CT molecular complexity index is 309. The highest BCUT2D eigenvalue weighted by molar-refractivity contribution is 5.88. The van der Waals surface area contributed by atoms with Crippen molar-refractivity contribution >= 4 is 5.97 Å². The zero-order valence-corrected chi connectivity index (χ0v) is 6.32. The molecule has 0 radical (unpaired) electrons. The molecule has 0 aliphatic carbocycles. The van der Waals surface area contributed by atoms with Gasteiger partial charge in [0.1, 0.15) is 5.75 Å². The van der Waals surface area contributed by atoms with E-state index in [1.807, 2.05) is 0 Å². The second kappa shape index (κ2) is 3.23. The van der Waals surface area contributed by atoms with E-state index in [0.29, 0.717) is 5.56 Å². The summed E-state index contributed by atoms with van der Waals surface area (Å²) >= 11 is 0. The van der Waals surface area contributed by atoms with Crippen LogP contribution in [0.25, 0.3) is 0 Å². The molecule has 4 N–H and O–H groups in total. The van der Waals surface area contributed by atoms with Crippen LogP contribution in [0.3, 0.4) is 0 Å². The van der Waals surface area contributed by atoms with E-state index in [0.717, 1.165) is 0 Å². The highest BCUT2D eigenvalue weighted by Gasteiger charge is 2.05. The number of carbonyl (C=O) groups is 1. The Morgan fingerprint density at radius 2 is 2.17 bits per heavy atom. The lowest BCUT2D eigenvalue weighted by molar-refractivity contribution is 0.0697. The van der Waals surface area contributed by atoms with Gasteiger partial charge in [0.2, 0.25) is 0 Å². The van der Waals surface area contributed by atoms with Gasteiger partial charge in [-0.25, -0.2) is 4.79 Å². The molecule has 0 aliphatic rings. The van der Waals surface area contributed by atoms with Gasteiger partial charge in [-0.3, -0.25) is 0 Å². The summed E-state index contributed by atoms with van der Waals surface area (Å²) in [5.41, 5.74) is 5.84. The summed E-state index contributed by atoms with van der Waals surface area (Å²) in [6.07, 6.45) is 0. The van der Waals surface area contributed by atoms with Crippen LogP contribution in [0.5, 0.6) is 5.75 Å². The first-order chi connectivity index (χ1) is 5.65. The monoisotopic (exact) mass is 167 g/mol. The van der Waals surface area contributed by atoms with Crippen LogP contribution >= 0.6 is 0 Å². The lowest BCUT2D eigenvalue weighted by Gasteiger charge is -2.01. The van der Waals surface area contributed by atoms with E-state index in [9.17, 15) is 4.79 Å². The second-order valence-corrected chi connectivity index (χ2v) is 2.35. The molecule has 0 aromatic heterocycles. The first-order valence-electron chi connectivity index (χ1n) is 3.40. The molecule has 0 unspecified atom stereocenters. The maximum atomic E-state index is 10.5. The predicted molar refractivity (Wildman–Crippen MR) is 43.0 cm³/mol. The van der Waals surface area contributed by atoms with Crippen molar-refractivity contribution in [2.45, 2.75) is 6.54 Å².